The van der Waals surface area contributed by atoms with Gasteiger partial charge in [-0.3, -0.25) is 14.9 Å². The number of carboxylic acids is 1. The molecule has 1 aromatic heterocycles. The molecule has 0 aliphatic rings. The van der Waals surface area contributed by atoms with Gasteiger partial charge in [0.05, 0.1) is 10.4 Å². The van der Waals surface area contributed by atoms with Crippen LogP contribution in [0.5, 0.6) is 0 Å². The van der Waals surface area contributed by atoms with Crippen LogP contribution in [0.3, 0.4) is 0 Å². The first-order valence-corrected chi connectivity index (χ1v) is 13.4. The monoisotopic (exact) mass is 516 g/mol. The molecule has 202 valence electrons. The number of aliphatic carboxylic acids is 1. The lowest BCUT2D eigenvalue weighted by Gasteiger charge is -2.09. The number of hydrogen-bond acceptors (Lipinski definition) is 3. The van der Waals surface area contributed by atoms with Crippen molar-refractivity contribution in [1.82, 2.24) is 4.57 Å². The summed E-state index contributed by atoms with van der Waals surface area (Å²) >= 11 is 0. The van der Waals surface area contributed by atoms with E-state index in [2.05, 4.69) is 45.9 Å². The van der Waals surface area contributed by atoms with Crippen molar-refractivity contribution in [2.45, 2.75) is 72.8 Å². The molecule has 0 unspecified atom stereocenters. The SMILES string of the molecule is CCC.CCCc1cc(CCC(=O)O)ccc1CC.O=[N+]([O-])c1ccc2ccn(Cc3ccccc3)c2c1. The third-order valence-corrected chi connectivity index (χ3v) is 5.96. The Morgan fingerprint density at radius 2 is 1.58 bits per heavy atom. The van der Waals surface area contributed by atoms with Crippen LogP contribution in [-0.2, 0) is 30.6 Å². The van der Waals surface area contributed by atoms with Gasteiger partial charge in [0.2, 0.25) is 0 Å². The second kappa shape index (κ2) is 16.0. The van der Waals surface area contributed by atoms with Gasteiger partial charge in [-0.15, -0.1) is 0 Å². The fourth-order valence-corrected chi connectivity index (χ4v) is 4.14. The number of aryl methyl sites for hydroxylation is 3. The van der Waals surface area contributed by atoms with E-state index >= 15 is 0 Å². The van der Waals surface area contributed by atoms with Crippen molar-refractivity contribution in [3.05, 3.63) is 111 Å². The Morgan fingerprint density at radius 1 is 0.868 bits per heavy atom. The number of hydrogen-bond donors (Lipinski definition) is 1. The van der Waals surface area contributed by atoms with Crippen molar-refractivity contribution in [1.29, 1.82) is 0 Å². The molecule has 38 heavy (non-hydrogen) atoms. The van der Waals surface area contributed by atoms with Gasteiger partial charge in [0.25, 0.3) is 5.69 Å². The highest BCUT2D eigenvalue weighted by Crippen LogP contribution is 2.23. The van der Waals surface area contributed by atoms with E-state index in [4.69, 9.17) is 5.11 Å². The zero-order chi connectivity index (χ0) is 27.9. The van der Waals surface area contributed by atoms with Crippen LogP contribution in [0, 0.1) is 10.1 Å². The van der Waals surface area contributed by atoms with E-state index in [-0.39, 0.29) is 17.0 Å². The number of carbonyl (C=O) groups is 1. The molecular formula is C32H40N2O4. The summed E-state index contributed by atoms with van der Waals surface area (Å²) in [5.74, 6) is -0.725. The molecule has 0 saturated carbocycles. The zero-order valence-electron chi connectivity index (χ0n) is 23.0. The molecule has 6 nitrogen and oxygen atoms in total. The van der Waals surface area contributed by atoms with E-state index in [1.807, 2.05) is 47.2 Å². The summed E-state index contributed by atoms with van der Waals surface area (Å²) in [7, 11) is 0. The van der Waals surface area contributed by atoms with Crippen LogP contribution in [0.1, 0.15) is 69.2 Å². The highest BCUT2D eigenvalue weighted by molar-refractivity contribution is 5.82. The van der Waals surface area contributed by atoms with Crippen LogP contribution in [0.25, 0.3) is 10.9 Å². The minimum absolute atomic E-state index is 0.125. The van der Waals surface area contributed by atoms with Gasteiger partial charge in [0, 0.05) is 36.7 Å². The standard InChI is InChI=1S/C15H12N2O2.C14H20O2.C3H8/c18-17(19)14-7-6-13-8-9-16(15(13)10-14)11-12-4-2-1-3-5-12;1-3-5-13-10-11(7-9-14(15)16)6-8-12(13)4-2;1-3-2/h1-10H,11H2;6,8,10H,3-5,7,9H2,1-2H3,(H,15,16);3H2,1-2H3. The topological polar surface area (TPSA) is 85.4 Å². The molecule has 0 radical (unpaired) electrons. The summed E-state index contributed by atoms with van der Waals surface area (Å²) in [4.78, 5) is 21.0. The predicted octanol–water partition coefficient (Wildman–Crippen LogP) is 8.23. The number of fused-ring (bicyclic) bond motifs is 1. The molecule has 0 amide bonds. The smallest absolute Gasteiger partial charge is 0.303 e. The first-order valence-electron chi connectivity index (χ1n) is 13.4. The number of non-ortho nitro benzene ring substituents is 1. The van der Waals surface area contributed by atoms with E-state index in [9.17, 15) is 14.9 Å². The second-order valence-electron chi connectivity index (χ2n) is 9.24. The van der Waals surface area contributed by atoms with Gasteiger partial charge in [-0.1, -0.05) is 89.1 Å². The van der Waals surface area contributed by atoms with Gasteiger partial charge in [0.15, 0.2) is 0 Å². The lowest BCUT2D eigenvalue weighted by Crippen LogP contribution is -1.99. The maximum Gasteiger partial charge on any atom is 0.303 e. The first kappa shape index (κ1) is 30.3. The summed E-state index contributed by atoms with van der Waals surface area (Å²) in [6, 6.07) is 23.3. The zero-order valence-corrected chi connectivity index (χ0v) is 23.0. The third kappa shape index (κ3) is 9.51. The molecule has 0 atom stereocenters. The Labute approximate surface area is 226 Å². The van der Waals surface area contributed by atoms with Crippen LogP contribution >= 0.6 is 0 Å². The van der Waals surface area contributed by atoms with Crippen molar-refractivity contribution in [2.24, 2.45) is 0 Å². The average Bonchev–Trinajstić information content (AvgIpc) is 3.31. The Hall–Kier alpha value is -3.93. The normalized spacial score (nSPS) is 10.2. The first-order chi connectivity index (χ1) is 18.3. The minimum Gasteiger partial charge on any atom is -0.481 e. The van der Waals surface area contributed by atoms with Gasteiger partial charge in [-0.2, -0.15) is 0 Å². The van der Waals surface area contributed by atoms with Crippen molar-refractivity contribution in [3.8, 4) is 0 Å². The van der Waals surface area contributed by atoms with Crippen molar-refractivity contribution < 1.29 is 14.8 Å². The molecule has 6 heteroatoms. The molecule has 0 fully saturated rings. The molecule has 4 rings (SSSR count). The van der Waals surface area contributed by atoms with E-state index in [0.717, 1.165) is 35.7 Å². The van der Waals surface area contributed by atoms with Gasteiger partial charge in [-0.05, 0) is 53.6 Å². The molecule has 3 aromatic carbocycles. The van der Waals surface area contributed by atoms with Crippen LogP contribution in [0.15, 0.2) is 79.0 Å². The highest BCUT2D eigenvalue weighted by Gasteiger charge is 2.09. The van der Waals surface area contributed by atoms with E-state index < -0.39 is 5.97 Å². The molecule has 1 N–H and O–H groups in total. The van der Waals surface area contributed by atoms with Gasteiger partial charge >= 0.3 is 5.97 Å². The molecule has 4 aromatic rings. The van der Waals surface area contributed by atoms with Crippen molar-refractivity contribution in [2.75, 3.05) is 0 Å². The molecule has 1 heterocycles. The molecule has 0 bridgehead atoms. The Kier molecular flexibility index (Phi) is 12.8. The average molecular weight is 517 g/mol. The molecule has 0 aliphatic carbocycles. The van der Waals surface area contributed by atoms with E-state index in [1.165, 1.54) is 29.2 Å². The Balaban J connectivity index is 0.000000246. The maximum absolute atomic E-state index is 10.8. The minimum atomic E-state index is -0.725. The van der Waals surface area contributed by atoms with Crippen LogP contribution in [0.2, 0.25) is 0 Å². The van der Waals surface area contributed by atoms with Gasteiger partial charge < -0.3 is 9.67 Å². The fourth-order valence-electron chi connectivity index (χ4n) is 4.14. The van der Waals surface area contributed by atoms with Crippen LogP contribution < -0.4 is 0 Å². The molecule has 0 aliphatic heterocycles. The van der Waals surface area contributed by atoms with E-state index in [1.54, 1.807) is 12.1 Å². The molecule has 0 saturated heterocycles. The van der Waals surface area contributed by atoms with Crippen LogP contribution in [-0.4, -0.2) is 20.6 Å². The summed E-state index contributed by atoms with van der Waals surface area (Å²) < 4.78 is 2.03. The second-order valence-corrected chi connectivity index (χ2v) is 9.24. The largest absolute Gasteiger partial charge is 0.481 e. The van der Waals surface area contributed by atoms with Crippen molar-refractivity contribution >= 4 is 22.6 Å². The predicted molar refractivity (Wildman–Crippen MR) is 156 cm³/mol. The van der Waals surface area contributed by atoms with Crippen LogP contribution in [0.4, 0.5) is 5.69 Å². The van der Waals surface area contributed by atoms with E-state index in [0.29, 0.717) is 13.0 Å². The number of aromatic nitrogens is 1. The fraction of sp³-hybridized carbons (Fsp3) is 0.344. The number of nitro groups is 1. The third-order valence-electron chi connectivity index (χ3n) is 5.96. The molecular weight excluding hydrogens is 476 g/mol. The molecule has 0 spiro atoms. The van der Waals surface area contributed by atoms with Gasteiger partial charge in [0.1, 0.15) is 0 Å². The summed E-state index contributed by atoms with van der Waals surface area (Å²) in [6.45, 7) is 9.29. The number of rotatable bonds is 9. The maximum atomic E-state index is 10.8. The number of carboxylic acid groups (broad SMARTS) is 1. The number of nitrogens with zero attached hydrogens (tertiary/aromatic N) is 2. The summed E-state index contributed by atoms with van der Waals surface area (Å²) in [5, 5.41) is 20.5. The number of nitro benzene ring substituents is 1. The van der Waals surface area contributed by atoms with Gasteiger partial charge in [-0.25, -0.2) is 0 Å². The Morgan fingerprint density at radius 3 is 2.18 bits per heavy atom. The Bertz CT molecular complexity index is 1300. The summed E-state index contributed by atoms with van der Waals surface area (Å²) in [5.41, 5.74) is 6.10. The summed E-state index contributed by atoms with van der Waals surface area (Å²) in [6.07, 6.45) is 7.34. The lowest BCUT2D eigenvalue weighted by atomic mass is 9.97. The van der Waals surface area contributed by atoms with Crippen molar-refractivity contribution in [3.63, 3.8) is 0 Å². The number of benzene rings is 3. The lowest BCUT2D eigenvalue weighted by molar-refractivity contribution is -0.384. The highest BCUT2D eigenvalue weighted by atomic mass is 16.6. The quantitative estimate of drug-likeness (QED) is 0.179.